The van der Waals surface area contributed by atoms with Crippen molar-refractivity contribution in [2.45, 2.75) is 38.4 Å². The Morgan fingerprint density at radius 2 is 1.96 bits per heavy atom. The molecule has 0 spiro atoms. The number of fused-ring (bicyclic) bond motifs is 1. The Morgan fingerprint density at radius 3 is 2.67 bits per heavy atom. The minimum atomic E-state index is -1.20. The predicted molar refractivity (Wildman–Crippen MR) is 97.5 cm³/mol. The van der Waals surface area contributed by atoms with Gasteiger partial charge in [0.25, 0.3) is 0 Å². The fourth-order valence-electron chi connectivity index (χ4n) is 3.32. The maximum Gasteiger partial charge on any atom is 0.167 e. The molecule has 4 atom stereocenters. The van der Waals surface area contributed by atoms with Crippen molar-refractivity contribution in [2.24, 2.45) is 0 Å². The van der Waals surface area contributed by atoms with Crippen molar-refractivity contribution in [3.63, 3.8) is 0 Å². The molecule has 0 amide bonds. The zero-order valence-corrected chi connectivity index (χ0v) is 14.9. The Kier molecular flexibility index (Phi) is 4.52. The van der Waals surface area contributed by atoms with Crippen LogP contribution in [0, 0.1) is 13.8 Å². The van der Waals surface area contributed by atoms with Crippen molar-refractivity contribution in [1.29, 1.82) is 0 Å². The minimum absolute atomic E-state index is 0.393. The number of ether oxygens (including phenoxy) is 1. The van der Waals surface area contributed by atoms with Crippen molar-refractivity contribution in [1.82, 2.24) is 19.5 Å². The lowest BCUT2D eigenvalue weighted by Crippen LogP contribution is -2.33. The summed E-state index contributed by atoms with van der Waals surface area (Å²) in [6.07, 6.45) is -1.28. The maximum absolute atomic E-state index is 10.3. The monoisotopic (exact) mass is 371 g/mol. The highest BCUT2D eigenvalue weighted by Crippen LogP contribution is 2.32. The lowest BCUT2D eigenvalue weighted by molar-refractivity contribution is -0.0511. The van der Waals surface area contributed by atoms with Crippen molar-refractivity contribution in [3.8, 4) is 0 Å². The number of aliphatic hydroxyl groups is 3. The molecular weight excluding hydrogens is 350 g/mol. The highest BCUT2D eigenvalue weighted by Gasteiger charge is 2.44. The molecular formula is C18H21N5O4. The number of anilines is 2. The van der Waals surface area contributed by atoms with Crippen LogP contribution in [0.3, 0.4) is 0 Å². The van der Waals surface area contributed by atoms with Crippen LogP contribution in [-0.2, 0) is 4.74 Å². The summed E-state index contributed by atoms with van der Waals surface area (Å²) in [6.45, 7) is 3.64. The molecule has 1 fully saturated rings. The number of hydrogen-bond donors (Lipinski definition) is 4. The van der Waals surface area contributed by atoms with Gasteiger partial charge in [0.15, 0.2) is 23.2 Å². The molecule has 0 aliphatic carbocycles. The topological polar surface area (TPSA) is 126 Å². The largest absolute Gasteiger partial charge is 0.394 e. The zero-order valence-electron chi connectivity index (χ0n) is 14.9. The standard InChI is InChI=1S/C18H21N5O4/c1-9-3-4-11(10(2)5-9)22-16-13-17(20-7-19-16)23(8-21-13)18-15(26)14(25)12(6-24)27-18/h3-5,7-8,12,14-15,18,24-26H,6H2,1-2H3,(H,19,20,22). The van der Waals surface area contributed by atoms with E-state index < -0.39 is 31.1 Å². The quantitative estimate of drug-likeness (QED) is 0.531. The van der Waals surface area contributed by atoms with Gasteiger partial charge in [0.1, 0.15) is 24.6 Å². The molecule has 0 radical (unpaired) electrons. The zero-order chi connectivity index (χ0) is 19.1. The third-order valence-electron chi connectivity index (χ3n) is 4.79. The summed E-state index contributed by atoms with van der Waals surface area (Å²) < 4.78 is 7.11. The van der Waals surface area contributed by atoms with E-state index in [1.807, 2.05) is 26.0 Å². The average molecular weight is 371 g/mol. The summed E-state index contributed by atoms with van der Waals surface area (Å²) >= 11 is 0. The van der Waals surface area contributed by atoms with Gasteiger partial charge < -0.3 is 25.4 Å². The third-order valence-corrected chi connectivity index (χ3v) is 4.79. The number of benzene rings is 1. The van der Waals surface area contributed by atoms with Gasteiger partial charge in [-0.25, -0.2) is 15.0 Å². The molecule has 1 aliphatic rings. The second kappa shape index (κ2) is 6.86. The van der Waals surface area contributed by atoms with Crippen LogP contribution < -0.4 is 5.32 Å². The lowest BCUT2D eigenvalue weighted by Gasteiger charge is -2.16. The number of hydrogen-bond acceptors (Lipinski definition) is 8. The summed E-state index contributed by atoms with van der Waals surface area (Å²) in [5.74, 6) is 0.525. The molecule has 3 heterocycles. The van der Waals surface area contributed by atoms with E-state index in [0.717, 1.165) is 11.3 Å². The molecule has 4 unspecified atom stereocenters. The Bertz CT molecular complexity index is 976. The van der Waals surface area contributed by atoms with Crippen molar-refractivity contribution in [3.05, 3.63) is 42.0 Å². The van der Waals surface area contributed by atoms with Crippen LogP contribution in [0.4, 0.5) is 11.5 Å². The molecule has 1 saturated heterocycles. The number of aliphatic hydroxyl groups excluding tert-OH is 3. The van der Waals surface area contributed by atoms with Gasteiger partial charge in [-0.1, -0.05) is 17.7 Å². The van der Waals surface area contributed by atoms with E-state index in [1.54, 1.807) is 0 Å². The first-order chi connectivity index (χ1) is 13.0. The molecule has 0 saturated carbocycles. The van der Waals surface area contributed by atoms with Gasteiger partial charge in [-0.15, -0.1) is 0 Å². The highest BCUT2D eigenvalue weighted by molar-refractivity contribution is 5.85. The van der Waals surface area contributed by atoms with Gasteiger partial charge in [-0.3, -0.25) is 4.57 Å². The summed E-state index contributed by atoms with van der Waals surface area (Å²) in [6, 6.07) is 6.05. The molecule has 9 nitrogen and oxygen atoms in total. The van der Waals surface area contributed by atoms with Gasteiger partial charge in [0, 0.05) is 5.69 Å². The van der Waals surface area contributed by atoms with Gasteiger partial charge in [0.05, 0.1) is 12.9 Å². The first-order valence-electron chi connectivity index (χ1n) is 8.64. The van der Waals surface area contributed by atoms with Crippen molar-refractivity contribution in [2.75, 3.05) is 11.9 Å². The molecule has 27 heavy (non-hydrogen) atoms. The summed E-state index contributed by atoms with van der Waals surface area (Å²) in [5.41, 5.74) is 4.11. The van der Waals surface area contributed by atoms with Crippen LogP contribution in [-0.4, -0.2) is 59.8 Å². The molecule has 4 N–H and O–H groups in total. The Balaban J connectivity index is 1.70. The number of aromatic nitrogens is 4. The van der Waals surface area contributed by atoms with Crippen molar-refractivity contribution >= 4 is 22.7 Å². The molecule has 2 aromatic heterocycles. The number of nitrogens with zero attached hydrogens (tertiary/aromatic N) is 4. The summed E-state index contributed by atoms with van der Waals surface area (Å²) in [5, 5.41) is 32.8. The van der Waals surface area contributed by atoms with Crippen LogP contribution in [0.5, 0.6) is 0 Å². The van der Waals surface area contributed by atoms with Gasteiger partial charge in [0.2, 0.25) is 0 Å². The molecule has 4 rings (SSSR count). The van der Waals surface area contributed by atoms with E-state index in [1.165, 1.54) is 22.8 Å². The first-order valence-corrected chi connectivity index (χ1v) is 8.64. The number of rotatable bonds is 4. The Morgan fingerprint density at radius 1 is 1.15 bits per heavy atom. The summed E-state index contributed by atoms with van der Waals surface area (Å²) in [4.78, 5) is 12.9. The third kappa shape index (κ3) is 3.04. The van der Waals surface area contributed by atoms with Crippen LogP contribution in [0.1, 0.15) is 17.4 Å². The molecule has 1 aliphatic heterocycles. The lowest BCUT2D eigenvalue weighted by atomic mass is 10.1. The Labute approximate surface area is 155 Å². The van der Waals surface area contributed by atoms with Crippen LogP contribution in [0.15, 0.2) is 30.9 Å². The maximum atomic E-state index is 10.3. The summed E-state index contributed by atoms with van der Waals surface area (Å²) in [7, 11) is 0. The highest BCUT2D eigenvalue weighted by atomic mass is 16.6. The van der Waals surface area contributed by atoms with Gasteiger partial charge in [-0.2, -0.15) is 0 Å². The smallest absolute Gasteiger partial charge is 0.167 e. The van der Waals surface area contributed by atoms with E-state index in [-0.39, 0.29) is 0 Å². The minimum Gasteiger partial charge on any atom is -0.394 e. The number of imidazole rings is 1. The average Bonchev–Trinajstić information content (AvgIpc) is 3.20. The van der Waals surface area contributed by atoms with Gasteiger partial charge >= 0.3 is 0 Å². The molecule has 0 bridgehead atoms. The van der Waals surface area contributed by atoms with Crippen LogP contribution in [0.2, 0.25) is 0 Å². The predicted octanol–water partition coefficient (Wildman–Crippen LogP) is 0.798. The molecule has 9 heteroatoms. The van der Waals surface area contributed by atoms with E-state index in [4.69, 9.17) is 4.74 Å². The fraction of sp³-hybridized carbons (Fsp3) is 0.389. The van der Waals surface area contributed by atoms with Crippen LogP contribution >= 0.6 is 0 Å². The van der Waals surface area contributed by atoms with E-state index in [0.29, 0.717) is 17.0 Å². The molecule has 1 aromatic carbocycles. The van der Waals surface area contributed by atoms with Gasteiger partial charge in [-0.05, 0) is 25.5 Å². The Hall–Kier alpha value is -2.59. The van der Waals surface area contributed by atoms with E-state index >= 15 is 0 Å². The second-order valence-electron chi connectivity index (χ2n) is 6.72. The normalized spacial score (nSPS) is 25.2. The molecule has 3 aromatic rings. The van der Waals surface area contributed by atoms with Crippen LogP contribution in [0.25, 0.3) is 11.2 Å². The number of aryl methyl sites for hydroxylation is 2. The first kappa shape index (κ1) is 17.8. The molecule has 142 valence electrons. The second-order valence-corrected chi connectivity index (χ2v) is 6.72. The SMILES string of the molecule is Cc1ccc(Nc2ncnc3c2ncn3C2OC(CO)C(O)C2O)c(C)c1. The van der Waals surface area contributed by atoms with E-state index in [9.17, 15) is 15.3 Å². The van der Waals surface area contributed by atoms with E-state index in [2.05, 4.69) is 26.3 Å². The number of nitrogens with one attached hydrogen (secondary N) is 1. The van der Waals surface area contributed by atoms with Crippen molar-refractivity contribution < 1.29 is 20.1 Å². The fourth-order valence-corrected chi connectivity index (χ4v) is 3.32.